The van der Waals surface area contributed by atoms with Gasteiger partial charge >= 0.3 is 5.63 Å². The van der Waals surface area contributed by atoms with Crippen LogP contribution in [0.2, 0.25) is 0 Å². The smallest absolute Gasteiger partial charge is 0.347 e. The molecule has 0 saturated carbocycles. The number of nitrogens with one attached hydrogen (secondary N) is 1. The van der Waals surface area contributed by atoms with Crippen LogP contribution in [0.4, 0.5) is 0 Å². The van der Waals surface area contributed by atoms with Gasteiger partial charge in [0.15, 0.2) is 0 Å². The Morgan fingerprint density at radius 2 is 1.95 bits per heavy atom. The molecule has 0 unspecified atom stereocenters. The molecule has 102 valence electrons. The molecule has 0 amide bonds. The number of hydrogen-bond acceptors (Lipinski definition) is 4. The number of imidazole rings is 1. The van der Waals surface area contributed by atoms with Crippen LogP contribution < -0.4 is 5.63 Å². The number of benzene rings is 2. The Balaban J connectivity index is 2.00. The normalized spacial score (nSPS) is 11.2. The Hall–Kier alpha value is -3.08. The highest BCUT2D eigenvalue weighted by Gasteiger charge is 2.12. The van der Waals surface area contributed by atoms with Crippen molar-refractivity contribution in [3.8, 4) is 17.1 Å². The zero-order valence-electron chi connectivity index (χ0n) is 10.8. The molecule has 0 bridgehead atoms. The van der Waals surface area contributed by atoms with E-state index in [4.69, 9.17) is 4.42 Å². The number of aromatic amines is 1. The van der Waals surface area contributed by atoms with Gasteiger partial charge in [0.1, 0.15) is 22.7 Å². The summed E-state index contributed by atoms with van der Waals surface area (Å²) >= 11 is 0. The molecule has 0 radical (unpaired) electrons. The second-order valence-electron chi connectivity index (χ2n) is 4.77. The molecule has 5 heteroatoms. The Morgan fingerprint density at radius 3 is 2.81 bits per heavy atom. The molecule has 4 aromatic rings. The summed E-state index contributed by atoms with van der Waals surface area (Å²) in [6.45, 7) is 0. The fourth-order valence-electron chi connectivity index (χ4n) is 2.36. The third-order valence-corrected chi connectivity index (χ3v) is 3.36. The van der Waals surface area contributed by atoms with Crippen molar-refractivity contribution in [3.63, 3.8) is 0 Å². The van der Waals surface area contributed by atoms with E-state index in [0.29, 0.717) is 22.4 Å². The van der Waals surface area contributed by atoms with Crippen molar-refractivity contribution in [3.05, 3.63) is 59.0 Å². The summed E-state index contributed by atoms with van der Waals surface area (Å²) in [7, 11) is 0. The minimum Gasteiger partial charge on any atom is -0.508 e. The first kappa shape index (κ1) is 11.7. The van der Waals surface area contributed by atoms with Crippen molar-refractivity contribution >= 4 is 22.0 Å². The van der Waals surface area contributed by atoms with E-state index in [1.165, 1.54) is 6.07 Å². The van der Waals surface area contributed by atoms with Gasteiger partial charge in [-0.05, 0) is 36.4 Å². The molecular weight excluding hydrogens is 268 g/mol. The van der Waals surface area contributed by atoms with E-state index in [1.54, 1.807) is 18.2 Å². The first-order valence-corrected chi connectivity index (χ1v) is 6.43. The fraction of sp³-hybridized carbons (Fsp3) is 0. The molecule has 0 spiro atoms. The zero-order chi connectivity index (χ0) is 14.4. The highest BCUT2D eigenvalue weighted by atomic mass is 16.4. The van der Waals surface area contributed by atoms with Crippen LogP contribution in [0, 0.1) is 0 Å². The molecule has 0 aliphatic heterocycles. The average Bonchev–Trinajstić information content (AvgIpc) is 2.90. The van der Waals surface area contributed by atoms with Crippen molar-refractivity contribution < 1.29 is 9.52 Å². The van der Waals surface area contributed by atoms with Crippen LogP contribution in [0.3, 0.4) is 0 Å². The van der Waals surface area contributed by atoms with E-state index < -0.39 is 5.63 Å². The first-order chi connectivity index (χ1) is 10.2. The Bertz CT molecular complexity index is 997. The molecule has 2 aromatic carbocycles. The minimum atomic E-state index is -0.466. The fourth-order valence-corrected chi connectivity index (χ4v) is 2.36. The number of para-hydroxylation sites is 2. The molecule has 21 heavy (non-hydrogen) atoms. The lowest BCUT2D eigenvalue weighted by Crippen LogP contribution is -2.03. The van der Waals surface area contributed by atoms with Gasteiger partial charge in [-0.3, -0.25) is 0 Å². The summed E-state index contributed by atoms with van der Waals surface area (Å²) in [5.74, 6) is 0.571. The van der Waals surface area contributed by atoms with Gasteiger partial charge in [0, 0.05) is 5.39 Å². The maximum atomic E-state index is 12.1. The number of phenolic OH excluding ortho intramolecular Hbond substituents is 1. The van der Waals surface area contributed by atoms with Crippen LogP contribution in [0.5, 0.6) is 5.75 Å². The van der Waals surface area contributed by atoms with E-state index in [9.17, 15) is 9.90 Å². The van der Waals surface area contributed by atoms with Crippen molar-refractivity contribution in [1.29, 1.82) is 0 Å². The second kappa shape index (κ2) is 4.21. The summed E-state index contributed by atoms with van der Waals surface area (Å²) in [4.78, 5) is 19.6. The summed E-state index contributed by atoms with van der Waals surface area (Å²) in [6.07, 6.45) is 0. The van der Waals surface area contributed by atoms with Crippen LogP contribution in [-0.4, -0.2) is 15.1 Å². The zero-order valence-corrected chi connectivity index (χ0v) is 10.8. The van der Waals surface area contributed by atoms with Crippen molar-refractivity contribution in [2.75, 3.05) is 0 Å². The Morgan fingerprint density at radius 1 is 1.10 bits per heavy atom. The molecule has 0 fully saturated rings. The molecule has 2 N–H and O–H groups in total. The largest absolute Gasteiger partial charge is 0.508 e. The Kier molecular flexibility index (Phi) is 2.35. The molecule has 0 aliphatic carbocycles. The molecule has 0 saturated heterocycles. The lowest BCUT2D eigenvalue weighted by molar-refractivity contribution is 0.475. The van der Waals surface area contributed by atoms with Gasteiger partial charge in [0.05, 0.1) is 11.0 Å². The predicted molar refractivity (Wildman–Crippen MR) is 79.2 cm³/mol. The van der Waals surface area contributed by atoms with Gasteiger partial charge in [-0.15, -0.1) is 0 Å². The van der Waals surface area contributed by atoms with Gasteiger partial charge in [-0.2, -0.15) is 0 Å². The quantitative estimate of drug-likeness (QED) is 0.524. The number of aromatic nitrogens is 2. The summed E-state index contributed by atoms with van der Waals surface area (Å²) in [5.41, 5.74) is 1.93. The molecular formula is C16H10N2O3. The number of aromatic hydroxyl groups is 1. The van der Waals surface area contributed by atoms with Crippen molar-refractivity contribution in [1.82, 2.24) is 9.97 Å². The molecule has 2 heterocycles. The monoisotopic (exact) mass is 278 g/mol. The second-order valence-corrected chi connectivity index (χ2v) is 4.77. The van der Waals surface area contributed by atoms with E-state index >= 15 is 0 Å². The first-order valence-electron chi connectivity index (χ1n) is 6.43. The maximum absolute atomic E-state index is 12.1. The number of fused-ring (bicyclic) bond motifs is 2. The number of rotatable bonds is 1. The molecule has 4 rings (SSSR count). The SMILES string of the molecule is O=c1oc2ccc(O)cc2cc1-c1nc2ccccc2[nH]1. The molecule has 0 aliphatic rings. The van der Waals surface area contributed by atoms with Gasteiger partial charge < -0.3 is 14.5 Å². The van der Waals surface area contributed by atoms with Crippen LogP contribution in [-0.2, 0) is 0 Å². The summed E-state index contributed by atoms with van der Waals surface area (Å²) < 4.78 is 5.27. The maximum Gasteiger partial charge on any atom is 0.347 e. The topological polar surface area (TPSA) is 79.1 Å². The van der Waals surface area contributed by atoms with Crippen molar-refractivity contribution in [2.45, 2.75) is 0 Å². The van der Waals surface area contributed by atoms with Crippen LogP contribution >= 0.6 is 0 Å². The van der Waals surface area contributed by atoms with Crippen LogP contribution in [0.25, 0.3) is 33.4 Å². The molecule has 5 nitrogen and oxygen atoms in total. The van der Waals surface area contributed by atoms with E-state index in [-0.39, 0.29) is 5.75 Å². The lowest BCUT2D eigenvalue weighted by atomic mass is 10.1. The molecule has 2 aromatic heterocycles. The minimum absolute atomic E-state index is 0.118. The van der Waals surface area contributed by atoms with Crippen LogP contribution in [0.15, 0.2) is 57.7 Å². The van der Waals surface area contributed by atoms with E-state index in [1.807, 2.05) is 24.3 Å². The third kappa shape index (κ3) is 1.87. The van der Waals surface area contributed by atoms with Crippen LogP contribution in [0.1, 0.15) is 0 Å². The van der Waals surface area contributed by atoms with Gasteiger partial charge in [0.2, 0.25) is 0 Å². The number of phenols is 1. The van der Waals surface area contributed by atoms with E-state index in [0.717, 1.165) is 11.0 Å². The highest BCUT2D eigenvalue weighted by molar-refractivity contribution is 5.84. The van der Waals surface area contributed by atoms with Crippen molar-refractivity contribution in [2.24, 2.45) is 0 Å². The standard InChI is InChI=1S/C16H10N2O3/c19-10-5-6-14-9(7-10)8-11(16(20)21-14)15-17-12-3-1-2-4-13(12)18-15/h1-8,19H,(H,17,18). The van der Waals surface area contributed by atoms with E-state index in [2.05, 4.69) is 9.97 Å². The number of nitrogens with zero attached hydrogens (tertiary/aromatic N) is 1. The van der Waals surface area contributed by atoms with Gasteiger partial charge in [-0.25, -0.2) is 9.78 Å². The lowest BCUT2D eigenvalue weighted by Gasteiger charge is -2.00. The predicted octanol–water partition coefficient (Wildman–Crippen LogP) is 3.04. The summed E-state index contributed by atoms with van der Waals surface area (Å²) in [5, 5.41) is 10.2. The van der Waals surface area contributed by atoms with Gasteiger partial charge in [-0.1, -0.05) is 12.1 Å². The number of hydrogen-bond donors (Lipinski definition) is 2. The number of H-pyrrole nitrogens is 1. The van der Waals surface area contributed by atoms with Gasteiger partial charge in [0.25, 0.3) is 0 Å². The summed E-state index contributed by atoms with van der Waals surface area (Å²) in [6, 6.07) is 13.8. The molecule has 0 atom stereocenters. The third-order valence-electron chi connectivity index (χ3n) is 3.36. The average molecular weight is 278 g/mol. The Labute approximate surface area is 118 Å². The highest BCUT2D eigenvalue weighted by Crippen LogP contribution is 2.24.